The minimum atomic E-state index is -0.925. The summed E-state index contributed by atoms with van der Waals surface area (Å²) >= 11 is 1.07. The van der Waals surface area contributed by atoms with Crippen molar-refractivity contribution in [2.45, 2.75) is 32.5 Å². The first-order valence-corrected chi connectivity index (χ1v) is 7.31. The van der Waals surface area contributed by atoms with Gasteiger partial charge in [-0.3, -0.25) is 14.2 Å². The Morgan fingerprint density at radius 2 is 2.25 bits per heavy atom. The summed E-state index contributed by atoms with van der Waals surface area (Å²) in [7, 11) is 0. The van der Waals surface area contributed by atoms with Crippen LogP contribution >= 0.6 is 11.8 Å². The van der Waals surface area contributed by atoms with Gasteiger partial charge in [0.2, 0.25) is 0 Å². The summed E-state index contributed by atoms with van der Waals surface area (Å²) in [5.41, 5.74) is 1.77. The van der Waals surface area contributed by atoms with Crippen LogP contribution in [0.1, 0.15) is 19.5 Å². The van der Waals surface area contributed by atoms with Crippen LogP contribution in [-0.2, 0) is 11.3 Å². The number of aromatic amines is 1. The van der Waals surface area contributed by atoms with E-state index in [9.17, 15) is 9.59 Å². The quantitative estimate of drug-likeness (QED) is 0.649. The average molecular weight is 295 g/mol. The fourth-order valence-electron chi connectivity index (χ4n) is 1.97. The van der Waals surface area contributed by atoms with Gasteiger partial charge in [0.25, 0.3) is 5.56 Å². The fraction of sp³-hybridized carbons (Fsp3) is 0.462. The van der Waals surface area contributed by atoms with Crippen LogP contribution in [0.3, 0.4) is 0 Å². The smallest absolute Gasteiger partial charge is 0.313 e. The first kappa shape index (κ1) is 14.6. The minimum Gasteiger partial charge on any atom is -0.481 e. The van der Waals surface area contributed by atoms with Gasteiger partial charge in [-0.25, -0.2) is 4.98 Å². The van der Waals surface area contributed by atoms with Crippen molar-refractivity contribution in [2.24, 2.45) is 5.92 Å². The van der Waals surface area contributed by atoms with Crippen molar-refractivity contribution in [3.05, 3.63) is 22.1 Å². The van der Waals surface area contributed by atoms with Crippen LogP contribution in [0.2, 0.25) is 0 Å². The molecule has 7 heteroatoms. The minimum absolute atomic E-state index is 0.112. The van der Waals surface area contributed by atoms with Gasteiger partial charge in [-0.05, 0) is 18.9 Å². The number of carboxylic acids is 1. The molecule has 0 bridgehead atoms. The van der Waals surface area contributed by atoms with E-state index in [1.807, 2.05) is 20.8 Å². The van der Waals surface area contributed by atoms with Crippen LogP contribution in [0, 0.1) is 12.8 Å². The Morgan fingerprint density at radius 3 is 2.85 bits per heavy atom. The molecule has 0 aliphatic heterocycles. The zero-order valence-corrected chi connectivity index (χ0v) is 12.5. The van der Waals surface area contributed by atoms with Crippen molar-refractivity contribution in [1.82, 2.24) is 14.5 Å². The van der Waals surface area contributed by atoms with Crippen LogP contribution < -0.4 is 5.56 Å². The van der Waals surface area contributed by atoms with E-state index in [0.29, 0.717) is 22.7 Å². The molecule has 0 saturated carbocycles. The van der Waals surface area contributed by atoms with Gasteiger partial charge in [-0.2, -0.15) is 0 Å². The lowest BCUT2D eigenvalue weighted by Crippen LogP contribution is -2.25. The number of aromatic nitrogens is 3. The van der Waals surface area contributed by atoms with Crippen LogP contribution in [0.15, 0.2) is 16.0 Å². The lowest BCUT2D eigenvalue weighted by atomic mass is 10.2. The largest absolute Gasteiger partial charge is 0.481 e. The number of H-pyrrole nitrogens is 1. The molecule has 6 nitrogen and oxygen atoms in total. The van der Waals surface area contributed by atoms with Gasteiger partial charge in [0, 0.05) is 12.2 Å². The number of nitrogens with one attached hydrogen (secondary N) is 1. The van der Waals surface area contributed by atoms with Gasteiger partial charge >= 0.3 is 5.97 Å². The molecule has 0 amide bonds. The number of hydrogen-bond donors (Lipinski definition) is 2. The van der Waals surface area contributed by atoms with Gasteiger partial charge in [0.05, 0.1) is 11.3 Å². The lowest BCUT2D eigenvalue weighted by Gasteiger charge is -2.13. The summed E-state index contributed by atoms with van der Waals surface area (Å²) in [6.07, 6.45) is 0. The van der Waals surface area contributed by atoms with Crippen molar-refractivity contribution >= 4 is 28.8 Å². The molecular weight excluding hydrogens is 278 g/mol. The number of carboxylic acid groups (broad SMARTS) is 1. The summed E-state index contributed by atoms with van der Waals surface area (Å²) in [6, 6.07) is 1.79. The standard InChI is InChI=1S/C13H17N3O3S/c1-7(2)5-16-12(19)11-9(4-8(3)14-11)15-13(16)20-6-10(17)18/h4,7,14H,5-6H2,1-3H3,(H,17,18). The molecule has 0 aliphatic carbocycles. The molecule has 0 aliphatic rings. The van der Waals surface area contributed by atoms with Gasteiger partial charge in [-0.1, -0.05) is 25.6 Å². The maximum absolute atomic E-state index is 12.5. The first-order chi connectivity index (χ1) is 9.38. The number of nitrogens with zero attached hydrogens (tertiary/aromatic N) is 2. The zero-order chi connectivity index (χ0) is 14.9. The van der Waals surface area contributed by atoms with Gasteiger partial charge in [0.1, 0.15) is 5.52 Å². The Morgan fingerprint density at radius 1 is 1.55 bits per heavy atom. The van der Waals surface area contributed by atoms with Crippen molar-refractivity contribution in [3.8, 4) is 0 Å². The molecule has 2 heterocycles. The van der Waals surface area contributed by atoms with Crippen molar-refractivity contribution in [2.75, 3.05) is 5.75 Å². The summed E-state index contributed by atoms with van der Waals surface area (Å²) in [5.74, 6) is -0.766. The maximum Gasteiger partial charge on any atom is 0.313 e. The van der Waals surface area contributed by atoms with Crippen molar-refractivity contribution in [3.63, 3.8) is 0 Å². The van der Waals surface area contributed by atoms with E-state index >= 15 is 0 Å². The molecule has 2 aromatic rings. The summed E-state index contributed by atoms with van der Waals surface area (Å²) in [6.45, 7) is 6.38. The molecule has 2 rings (SSSR count). The molecule has 2 N–H and O–H groups in total. The summed E-state index contributed by atoms with van der Waals surface area (Å²) in [4.78, 5) is 30.6. The zero-order valence-electron chi connectivity index (χ0n) is 11.6. The van der Waals surface area contributed by atoms with Crippen LogP contribution in [0.25, 0.3) is 11.0 Å². The van der Waals surface area contributed by atoms with Crippen LogP contribution in [0.5, 0.6) is 0 Å². The maximum atomic E-state index is 12.5. The SMILES string of the molecule is Cc1cc2nc(SCC(=O)O)n(CC(C)C)c(=O)c2[nH]1. The Balaban J connectivity index is 2.56. The summed E-state index contributed by atoms with van der Waals surface area (Å²) < 4.78 is 1.55. The predicted octanol–water partition coefficient (Wildman–Crippen LogP) is 1.87. The number of hydrogen-bond acceptors (Lipinski definition) is 4. The van der Waals surface area contributed by atoms with E-state index in [-0.39, 0.29) is 17.2 Å². The third kappa shape index (κ3) is 3.04. The molecule has 0 fully saturated rings. The van der Waals surface area contributed by atoms with Gasteiger partial charge < -0.3 is 10.1 Å². The highest BCUT2D eigenvalue weighted by Crippen LogP contribution is 2.19. The molecule has 0 atom stereocenters. The number of aryl methyl sites for hydroxylation is 1. The Labute approximate surface area is 120 Å². The first-order valence-electron chi connectivity index (χ1n) is 6.33. The topological polar surface area (TPSA) is 88.0 Å². The van der Waals surface area contributed by atoms with Crippen LogP contribution in [0.4, 0.5) is 0 Å². The Bertz CT molecular complexity index is 703. The average Bonchev–Trinajstić information content (AvgIpc) is 2.71. The van der Waals surface area contributed by atoms with Gasteiger partial charge in [0.15, 0.2) is 5.16 Å². The monoisotopic (exact) mass is 295 g/mol. The third-order valence-electron chi connectivity index (χ3n) is 2.71. The second-order valence-electron chi connectivity index (χ2n) is 5.10. The molecule has 108 valence electrons. The number of aliphatic carboxylic acids is 1. The predicted molar refractivity (Wildman–Crippen MR) is 78.3 cm³/mol. The van der Waals surface area contributed by atoms with E-state index in [1.165, 1.54) is 0 Å². The summed E-state index contributed by atoms with van der Waals surface area (Å²) in [5, 5.41) is 9.25. The highest BCUT2D eigenvalue weighted by Gasteiger charge is 2.15. The highest BCUT2D eigenvalue weighted by atomic mass is 32.2. The van der Waals surface area contributed by atoms with E-state index in [4.69, 9.17) is 5.11 Å². The van der Waals surface area contributed by atoms with E-state index < -0.39 is 5.97 Å². The molecule has 0 unspecified atom stereocenters. The highest BCUT2D eigenvalue weighted by molar-refractivity contribution is 7.99. The lowest BCUT2D eigenvalue weighted by molar-refractivity contribution is -0.133. The van der Waals surface area contributed by atoms with Crippen LogP contribution in [-0.4, -0.2) is 31.4 Å². The van der Waals surface area contributed by atoms with E-state index in [0.717, 1.165) is 17.5 Å². The van der Waals surface area contributed by atoms with E-state index in [1.54, 1.807) is 10.6 Å². The van der Waals surface area contributed by atoms with E-state index in [2.05, 4.69) is 9.97 Å². The normalized spacial score (nSPS) is 11.4. The Kier molecular flexibility index (Phi) is 4.17. The number of carbonyl (C=O) groups is 1. The van der Waals surface area contributed by atoms with Gasteiger partial charge in [-0.15, -0.1) is 0 Å². The number of fused-ring (bicyclic) bond motifs is 1. The number of thioether (sulfide) groups is 1. The molecule has 0 saturated heterocycles. The molecule has 20 heavy (non-hydrogen) atoms. The molecule has 2 aromatic heterocycles. The second kappa shape index (κ2) is 5.70. The molecular formula is C13H17N3O3S. The fourth-order valence-corrected chi connectivity index (χ4v) is 2.70. The molecule has 0 radical (unpaired) electrons. The Hall–Kier alpha value is -1.76. The molecule has 0 aromatic carbocycles. The second-order valence-corrected chi connectivity index (χ2v) is 6.04. The van der Waals surface area contributed by atoms with Crippen molar-refractivity contribution in [1.29, 1.82) is 0 Å². The third-order valence-corrected chi connectivity index (χ3v) is 3.67. The number of rotatable bonds is 5. The van der Waals surface area contributed by atoms with Crippen molar-refractivity contribution < 1.29 is 9.90 Å². The molecule has 0 spiro atoms.